The van der Waals surface area contributed by atoms with Gasteiger partial charge in [-0.05, 0) is 13.0 Å². The largest absolute Gasteiger partial charge is 0.335 e. The molecule has 0 saturated heterocycles. The number of hydrogen-bond acceptors (Lipinski definition) is 5. The first kappa shape index (κ1) is 13.2. The number of imidazole rings is 1. The Labute approximate surface area is 112 Å². The second-order valence-electron chi connectivity index (χ2n) is 4.18. The molecule has 98 valence electrons. The fourth-order valence-electron chi connectivity index (χ4n) is 2.01. The maximum absolute atomic E-state index is 4.44. The number of aromatic nitrogens is 4. The van der Waals surface area contributed by atoms with Gasteiger partial charge in [-0.3, -0.25) is 0 Å². The van der Waals surface area contributed by atoms with Crippen LogP contribution in [0.4, 0.5) is 0 Å². The van der Waals surface area contributed by atoms with Gasteiger partial charge in [-0.25, -0.2) is 4.98 Å². The van der Waals surface area contributed by atoms with Crippen LogP contribution in [0.1, 0.15) is 37.8 Å². The van der Waals surface area contributed by atoms with Crippen LogP contribution < -0.4 is 5.32 Å². The lowest BCUT2D eigenvalue weighted by Crippen LogP contribution is -2.24. The summed E-state index contributed by atoms with van der Waals surface area (Å²) in [6.45, 7) is 6.21. The van der Waals surface area contributed by atoms with Crippen LogP contribution in [0, 0.1) is 0 Å². The number of nitrogens with zero attached hydrogens (tertiary/aromatic N) is 4. The van der Waals surface area contributed by atoms with Crippen LogP contribution in [0.3, 0.4) is 0 Å². The molecule has 2 aromatic rings. The van der Waals surface area contributed by atoms with Crippen LogP contribution >= 0.6 is 11.7 Å². The summed E-state index contributed by atoms with van der Waals surface area (Å²) in [6.07, 6.45) is 7.72. The molecule has 0 radical (unpaired) electrons. The second kappa shape index (κ2) is 6.61. The predicted octanol–water partition coefficient (Wildman–Crippen LogP) is 2.04. The van der Waals surface area contributed by atoms with Crippen molar-refractivity contribution in [1.29, 1.82) is 0 Å². The van der Waals surface area contributed by atoms with E-state index in [0.29, 0.717) is 0 Å². The standard InChI is InChI=1S/C12H19N5S/c1-3-6-17-7-5-14-12(17)8-10(13-4-2)11-9-15-18-16-11/h5,7,9-10,13H,3-4,6,8H2,1-2H3. The van der Waals surface area contributed by atoms with Crippen LogP contribution in [0.2, 0.25) is 0 Å². The SMILES string of the molecule is CCCn1ccnc1CC(NCC)c1cnsn1. The first-order valence-corrected chi connectivity index (χ1v) is 7.09. The molecule has 1 N–H and O–H groups in total. The van der Waals surface area contributed by atoms with Crippen molar-refractivity contribution >= 4 is 11.7 Å². The Morgan fingerprint density at radius 1 is 1.44 bits per heavy atom. The monoisotopic (exact) mass is 265 g/mol. The molecule has 0 fully saturated rings. The van der Waals surface area contributed by atoms with E-state index < -0.39 is 0 Å². The average Bonchev–Trinajstić information content (AvgIpc) is 3.01. The Balaban J connectivity index is 2.11. The van der Waals surface area contributed by atoms with Crippen LogP contribution in [-0.4, -0.2) is 24.8 Å². The molecule has 0 aliphatic carbocycles. The average molecular weight is 265 g/mol. The van der Waals surface area contributed by atoms with Gasteiger partial charge in [0.05, 0.1) is 29.7 Å². The predicted molar refractivity (Wildman–Crippen MR) is 72.5 cm³/mol. The number of aryl methyl sites for hydroxylation is 1. The van der Waals surface area contributed by atoms with E-state index in [9.17, 15) is 0 Å². The minimum absolute atomic E-state index is 0.201. The van der Waals surface area contributed by atoms with Gasteiger partial charge >= 0.3 is 0 Å². The Morgan fingerprint density at radius 3 is 3.00 bits per heavy atom. The first-order valence-electron chi connectivity index (χ1n) is 6.36. The van der Waals surface area contributed by atoms with E-state index >= 15 is 0 Å². The molecule has 0 aromatic carbocycles. The molecular weight excluding hydrogens is 246 g/mol. The van der Waals surface area contributed by atoms with E-state index in [0.717, 1.165) is 37.4 Å². The Bertz CT molecular complexity index is 451. The summed E-state index contributed by atoms with van der Waals surface area (Å²) in [6, 6.07) is 0.201. The highest BCUT2D eigenvalue weighted by Gasteiger charge is 2.16. The van der Waals surface area contributed by atoms with Crippen LogP contribution in [-0.2, 0) is 13.0 Å². The number of rotatable bonds is 7. The minimum atomic E-state index is 0.201. The third-order valence-corrected chi connectivity index (χ3v) is 3.33. The van der Waals surface area contributed by atoms with Crippen molar-refractivity contribution in [2.24, 2.45) is 0 Å². The van der Waals surface area contributed by atoms with Gasteiger partial charge in [0.15, 0.2) is 0 Å². The zero-order valence-electron chi connectivity index (χ0n) is 10.8. The molecule has 2 rings (SSSR count). The van der Waals surface area contributed by atoms with E-state index in [2.05, 4.69) is 37.5 Å². The van der Waals surface area contributed by atoms with Crippen molar-refractivity contribution in [3.63, 3.8) is 0 Å². The summed E-state index contributed by atoms with van der Waals surface area (Å²) < 4.78 is 10.6. The summed E-state index contributed by atoms with van der Waals surface area (Å²) in [7, 11) is 0. The van der Waals surface area contributed by atoms with Gasteiger partial charge in [0, 0.05) is 25.4 Å². The van der Waals surface area contributed by atoms with Gasteiger partial charge in [0.1, 0.15) is 5.82 Å². The first-order chi connectivity index (χ1) is 8.85. The van der Waals surface area contributed by atoms with Crippen molar-refractivity contribution in [3.05, 3.63) is 30.1 Å². The molecule has 6 heteroatoms. The van der Waals surface area contributed by atoms with Crippen LogP contribution in [0.15, 0.2) is 18.6 Å². The molecule has 0 aliphatic rings. The Hall–Kier alpha value is -1.27. The van der Waals surface area contributed by atoms with Crippen LogP contribution in [0.5, 0.6) is 0 Å². The molecule has 2 aromatic heterocycles. The fourth-order valence-corrected chi connectivity index (χ4v) is 2.48. The molecule has 0 amide bonds. The molecule has 5 nitrogen and oxygen atoms in total. The summed E-state index contributed by atoms with van der Waals surface area (Å²) >= 11 is 1.25. The highest BCUT2D eigenvalue weighted by Crippen LogP contribution is 2.16. The van der Waals surface area contributed by atoms with E-state index in [1.165, 1.54) is 11.7 Å². The highest BCUT2D eigenvalue weighted by molar-refractivity contribution is 6.99. The zero-order valence-corrected chi connectivity index (χ0v) is 11.7. The van der Waals surface area contributed by atoms with E-state index in [1.54, 1.807) is 0 Å². The third-order valence-electron chi connectivity index (χ3n) is 2.84. The van der Waals surface area contributed by atoms with Gasteiger partial charge in [0.2, 0.25) is 0 Å². The normalized spacial score (nSPS) is 12.8. The molecule has 2 heterocycles. The summed E-state index contributed by atoms with van der Waals surface area (Å²) in [5.74, 6) is 1.11. The minimum Gasteiger partial charge on any atom is -0.335 e. The fraction of sp³-hybridized carbons (Fsp3) is 0.583. The summed E-state index contributed by atoms with van der Waals surface area (Å²) in [5.41, 5.74) is 1.01. The summed E-state index contributed by atoms with van der Waals surface area (Å²) in [5, 5.41) is 3.44. The number of likely N-dealkylation sites (N-methyl/N-ethyl adjacent to an activating group) is 1. The lowest BCUT2D eigenvalue weighted by molar-refractivity contribution is 0.509. The highest BCUT2D eigenvalue weighted by atomic mass is 32.1. The molecular formula is C12H19N5S. The summed E-state index contributed by atoms with van der Waals surface area (Å²) in [4.78, 5) is 4.44. The van der Waals surface area contributed by atoms with Crippen molar-refractivity contribution in [3.8, 4) is 0 Å². The molecule has 1 unspecified atom stereocenters. The van der Waals surface area contributed by atoms with E-state index in [1.807, 2.05) is 18.6 Å². The Kier molecular flexibility index (Phi) is 4.83. The third kappa shape index (κ3) is 3.14. The molecule has 0 bridgehead atoms. The van der Waals surface area contributed by atoms with Gasteiger partial charge in [-0.15, -0.1) is 0 Å². The maximum atomic E-state index is 4.44. The van der Waals surface area contributed by atoms with Crippen molar-refractivity contribution in [2.75, 3.05) is 6.54 Å². The number of hydrogen-bond donors (Lipinski definition) is 1. The molecule has 1 atom stereocenters. The molecule has 0 saturated carbocycles. The van der Waals surface area contributed by atoms with Gasteiger partial charge in [0.25, 0.3) is 0 Å². The Morgan fingerprint density at radius 2 is 2.33 bits per heavy atom. The lowest BCUT2D eigenvalue weighted by Gasteiger charge is -2.15. The topological polar surface area (TPSA) is 55.6 Å². The van der Waals surface area contributed by atoms with Crippen LogP contribution in [0.25, 0.3) is 0 Å². The molecule has 0 aliphatic heterocycles. The second-order valence-corrected chi connectivity index (χ2v) is 4.74. The van der Waals surface area contributed by atoms with Gasteiger partial charge in [-0.2, -0.15) is 8.75 Å². The lowest BCUT2D eigenvalue weighted by atomic mass is 10.1. The molecule has 0 spiro atoms. The smallest absolute Gasteiger partial charge is 0.110 e. The van der Waals surface area contributed by atoms with Crippen molar-refractivity contribution in [1.82, 2.24) is 23.6 Å². The van der Waals surface area contributed by atoms with Gasteiger partial charge in [-0.1, -0.05) is 13.8 Å². The van der Waals surface area contributed by atoms with E-state index in [4.69, 9.17) is 0 Å². The maximum Gasteiger partial charge on any atom is 0.110 e. The molecule has 18 heavy (non-hydrogen) atoms. The number of nitrogens with one attached hydrogen (secondary N) is 1. The van der Waals surface area contributed by atoms with E-state index in [-0.39, 0.29) is 6.04 Å². The van der Waals surface area contributed by atoms with Crippen molar-refractivity contribution in [2.45, 2.75) is 39.3 Å². The zero-order chi connectivity index (χ0) is 12.8. The van der Waals surface area contributed by atoms with Gasteiger partial charge < -0.3 is 9.88 Å². The quantitative estimate of drug-likeness (QED) is 0.832. The van der Waals surface area contributed by atoms with Crippen molar-refractivity contribution < 1.29 is 0 Å².